The number of anilines is 3. The molecule has 1 atom stereocenters. The molecular weight excluding hydrogens is 616 g/mol. The van der Waals surface area contributed by atoms with Crippen molar-refractivity contribution < 1.29 is 0 Å². The predicted octanol–water partition coefficient (Wildman–Crippen LogP) is 5.01. The number of piperazine rings is 2. The van der Waals surface area contributed by atoms with E-state index in [2.05, 4.69) is 79.6 Å². The minimum absolute atomic E-state index is 0. The first kappa shape index (κ1) is 35.2. The molecule has 0 amide bonds. The van der Waals surface area contributed by atoms with Gasteiger partial charge in [0.25, 0.3) is 5.56 Å². The summed E-state index contributed by atoms with van der Waals surface area (Å²) in [6, 6.07) is 25.1. The van der Waals surface area contributed by atoms with Gasteiger partial charge in [-0.25, -0.2) is 4.98 Å². The van der Waals surface area contributed by atoms with E-state index in [1.54, 1.807) is 30.1 Å². The lowest BCUT2D eigenvalue weighted by Gasteiger charge is -2.38. The Balaban J connectivity index is 0.00000154. The van der Waals surface area contributed by atoms with E-state index in [1.165, 1.54) is 16.9 Å². The molecule has 12 heteroatoms. The molecule has 0 radical (unpaired) electrons. The second-order valence-corrected chi connectivity index (χ2v) is 9.93. The molecule has 2 aromatic heterocycles. The van der Waals surface area contributed by atoms with Crippen molar-refractivity contribution in [1.29, 1.82) is 0 Å². The summed E-state index contributed by atoms with van der Waals surface area (Å²) in [5.74, 6) is 0.698. The highest BCUT2D eigenvalue weighted by atomic mass is 35.5. The molecule has 2 aromatic carbocycles. The van der Waals surface area contributed by atoms with E-state index < -0.39 is 0 Å². The van der Waals surface area contributed by atoms with Crippen molar-refractivity contribution in [2.45, 2.75) is 6.04 Å². The normalized spacial score (nSPS) is 16.3. The summed E-state index contributed by atoms with van der Waals surface area (Å²) in [5.41, 5.74) is 5.32. The zero-order chi connectivity index (χ0) is 25.9. The van der Waals surface area contributed by atoms with Crippen LogP contribution in [-0.4, -0.2) is 60.3 Å². The maximum atomic E-state index is 12.8. The van der Waals surface area contributed by atoms with Crippen LogP contribution in [0.3, 0.4) is 0 Å². The second-order valence-electron chi connectivity index (χ2n) is 9.93. The summed E-state index contributed by atoms with van der Waals surface area (Å²) in [6.45, 7) is 6.43. The highest BCUT2D eigenvalue weighted by Crippen LogP contribution is 2.26. The maximum absolute atomic E-state index is 12.8. The van der Waals surface area contributed by atoms with Crippen molar-refractivity contribution in [2.75, 3.05) is 60.5 Å². The summed E-state index contributed by atoms with van der Waals surface area (Å²) in [6.07, 6.45) is 3.45. The molecule has 2 saturated heterocycles. The first-order chi connectivity index (χ1) is 18.7. The van der Waals surface area contributed by atoms with Gasteiger partial charge in [0.15, 0.2) is 0 Å². The van der Waals surface area contributed by atoms with Gasteiger partial charge in [0, 0.05) is 94.3 Å². The Labute approximate surface area is 271 Å². The number of benzene rings is 2. The smallest absolute Gasteiger partial charge is 0.255 e. The van der Waals surface area contributed by atoms with Crippen LogP contribution in [0.15, 0.2) is 90.0 Å². The molecule has 4 aromatic rings. The number of pyridine rings is 1. The number of hydrogen-bond donors (Lipinski definition) is 1. The average molecular weight is 653 g/mol. The molecule has 4 heterocycles. The fourth-order valence-corrected chi connectivity index (χ4v) is 5.41. The van der Waals surface area contributed by atoms with Crippen LogP contribution < -0.4 is 25.6 Å². The highest BCUT2D eigenvalue weighted by molar-refractivity contribution is 5.86. The van der Waals surface area contributed by atoms with Crippen molar-refractivity contribution in [3.05, 3.63) is 101 Å². The SMILES string of the molecule is Cl.Cl.Cl.Cl.Cn1c(N2CCN[C@@H](c3ccc(N4CCN(c5ccccc5)CC4)cc3)C2)nc(-c2ccncc2)cc1=O. The number of para-hydroxylation sites is 1. The summed E-state index contributed by atoms with van der Waals surface area (Å²) in [5, 5.41) is 3.65. The summed E-state index contributed by atoms with van der Waals surface area (Å²) in [4.78, 5) is 28.9. The van der Waals surface area contributed by atoms with Crippen LogP contribution in [0.1, 0.15) is 11.6 Å². The molecule has 2 aliphatic heterocycles. The first-order valence-corrected chi connectivity index (χ1v) is 13.3. The predicted molar refractivity (Wildman–Crippen MR) is 182 cm³/mol. The van der Waals surface area contributed by atoms with Gasteiger partial charge in [0.05, 0.1) is 5.69 Å². The van der Waals surface area contributed by atoms with E-state index in [-0.39, 0.29) is 61.2 Å². The van der Waals surface area contributed by atoms with Crippen LogP contribution >= 0.6 is 49.6 Å². The highest BCUT2D eigenvalue weighted by Gasteiger charge is 2.25. The standard InChI is InChI=1S/C30H33N7O.4ClH/c1-34-29(38)21-27(24-11-13-31-14-12-24)33-30(34)37-16-15-32-28(22-37)23-7-9-26(10-8-23)36-19-17-35(18-20-36)25-5-3-2-4-6-25;;;;/h2-14,21,28,32H,15-20,22H2,1H3;4*1H/t28-;;;;/m1..../s1. The van der Waals surface area contributed by atoms with Gasteiger partial charge in [-0.1, -0.05) is 30.3 Å². The molecule has 0 spiro atoms. The number of nitrogens with one attached hydrogen (secondary N) is 1. The van der Waals surface area contributed by atoms with Gasteiger partial charge in [-0.3, -0.25) is 14.3 Å². The van der Waals surface area contributed by atoms with E-state index in [1.807, 2.05) is 12.1 Å². The minimum atomic E-state index is -0.0615. The number of aromatic nitrogens is 3. The molecule has 6 rings (SSSR count). The lowest BCUT2D eigenvalue weighted by atomic mass is 10.0. The van der Waals surface area contributed by atoms with Gasteiger partial charge < -0.3 is 20.0 Å². The third-order valence-corrected chi connectivity index (χ3v) is 7.61. The van der Waals surface area contributed by atoms with E-state index in [4.69, 9.17) is 4.98 Å². The second kappa shape index (κ2) is 16.0. The third-order valence-electron chi connectivity index (χ3n) is 7.61. The molecule has 2 aliphatic rings. The fraction of sp³-hybridized carbons (Fsp3) is 0.300. The monoisotopic (exact) mass is 651 g/mol. The molecular formula is C30H37Cl4N7O. The summed E-state index contributed by atoms with van der Waals surface area (Å²) < 4.78 is 1.64. The van der Waals surface area contributed by atoms with Crippen LogP contribution in [0.25, 0.3) is 11.3 Å². The molecule has 42 heavy (non-hydrogen) atoms. The van der Waals surface area contributed by atoms with Crippen molar-refractivity contribution in [3.63, 3.8) is 0 Å². The Kier molecular flexibility index (Phi) is 13.4. The van der Waals surface area contributed by atoms with Gasteiger partial charge in [-0.2, -0.15) is 0 Å². The minimum Gasteiger partial charge on any atom is -0.368 e. The van der Waals surface area contributed by atoms with Crippen molar-refractivity contribution in [3.8, 4) is 11.3 Å². The Morgan fingerprint density at radius 3 is 1.95 bits per heavy atom. The molecule has 226 valence electrons. The Morgan fingerprint density at radius 1 is 0.738 bits per heavy atom. The Bertz CT molecular complexity index is 1430. The fourth-order valence-electron chi connectivity index (χ4n) is 5.41. The van der Waals surface area contributed by atoms with Gasteiger partial charge in [0.1, 0.15) is 0 Å². The zero-order valence-electron chi connectivity index (χ0n) is 23.3. The molecule has 0 saturated carbocycles. The quantitative estimate of drug-likeness (QED) is 0.325. The number of halogens is 4. The molecule has 0 aliphatic carbocycles. The van der Waals surface area contributed by atoms with Gasteiger partial charge in [-0.05, 0) is 42.0 Å². The van der Waals surface area contributed by atoms with E-state index in [9.17, 15) is 4.79 Å². The number of hydrogen-bond acceptors (Lipinski definition) is 7. The van der Waals surface area contributed by atoms with E-state index >= 15 is 0 Å². The topological polar surface area (TPSA) is 69.5 Å². The lowest BCUT2D eigenvalue weighted by Crippen LogP contribution is -2.48. The van der Waals surface area contributed by atoms with Crippen LogP contribution in [0.2, 0.25) is 0 Å². The molecule has 2 fully saturated rings. The zero-order valence-corrected chi connectivity index (χ0v) is 26.6. The van der Waals surface area contributed by atoms with Crippen molar-refractivity contribution in [2.24, 2.45) is 7.05 Å². The van der Waals surface area contributed by atoms with Gasteiger partial charge >= 0.3 is 0 Å². The van der Waals surface area contributed by atoms with Gasteiger partial charge in [0.2, 0.25) is 5.95 Å². The van der Waals surface area contributed by atoms with Crippen LogP contribution in [0.4, 0.5) is 17.3 Å². The largest absolute Gasteiger partial charge is 0.368 e. The van der Waals surface area contributed by atoms with Crippen molar-refractivity contribution in [1.82, 2.24) is 19.9 Å². The van der Waals surface area contributed by atoms with Crippen molar-refractivity contribution >= 4 is 67.0 Å². The Morgan fingerprint density at radius 2 is 1.33 bits per heavy atom. The average Bonchev–Trinajstić information content (AvgIpc) is 2.99. The molecule has 1 N–H and O–H groups in total. The molecule has 0 bridgehead atoms. The van der Waals surface area contributed by atoms with Crippen LogP contribution in [0.5, 0.6) is 0 Å². The maximum Gasteiger partial charge on any atom is 0.255 e. The summed E-state index contributed by atoms with van der Waals surface area (Å²) >= 11 is 0. The number of rotatable bonds is 5. The Hall–Kier alpha value is -3.01. The van der Waals surface area contributed by atoms with E-state index in [0.717, 1.165) is 51.4 Å². The molecule has 0 unspecified atom stereocenters. The number of nitrogens with zero attached hydrogens (tertiary/aromatic N) is 6. The van der Waals surface area contributed by atoms with Crippen LogP contribution in [-0.2, 0) is 7.05 Å². The molecule has 8 nitrogen and oxygen atoms in total. The lowest BCUT2D eigenvalue weighted by molar-refractivity contribution is 0.462. The van der Waals surface area contributed by atoms with Gasteiger partial charge in [-0.15, -0.1) is 49.6 Å². The van der Waals surface area contributed by atoms with E-state index in [0.29, 0.717) is 11.6 Å². The summed E-state index contributed by atoms with van der Waals surface area (Å²) in [7, 11) is 1.80. The first-order valence-electron chi connectivity index (χ1n) is 13.3. The third kappa shape index (κ3) is 7.68. The van der Waals surface area contributed by atoms with Crippen LogP contribution in [0, 0.1) is 0 Å².